The lowest BCUT2D eigenvalue weighted by Crippen LogP contribution is -2.26. The number of hydroxylamine groups is 2. The van der Waals surface area contributed by atoms with Crippen LogP contribution in [0.15, 0.2) is 18.2 Å². The zero-order valence-electron chi connectivity index (χ0n) is 10.5. The van der Waals surface area contributed by atoms with Crippen LogP contribution in [0.1, 0.15) is 24.6 Å². The minimum atomic E-state index is -4.47. The summed E-state index contributed by atoms with van der Waals surface area (Å²) in [6.45, 7) is 0.941. The second-order valence-electron chi connectivity index (χ2n) is 4.21. The number of amides is 1. The summed E-state index contributed by atoms with van der Waals surface area (Å²) in [6, 6.07) is 4.25. The van der Waals surface area contributed by atoms with Gasteiger partial charge in [0.2, 0.25) is 5.91 Å². The highest BCUT2D eigenvalue weighted by atomic mass is 35.5. The predicted molar refractivity (Wildman–Crippen MR) is 75.0 cm³/mol. The molecule has 0 aromatic heterocycles. The molecule has 0 unspecified atom stereocenters. The van der Waals surface area contributed by atoms with Gasteiger partial charge in [0.05, 0.1) is 15.7 Å². The van der Waals surface area contributed by atoms with Gasteiger partial charge in [0, 0.05) is 13.5 Å². The van der Waals surface area contributed by atoms with Crippen molar-refractivity contribution >= 4 is 36.7 Å². The smallest absolute Gasteiger partial charge is 0.324 e. The Morgan fingerprint density at radius 1 is 1.35 bits per heavy atom. The zero-order chi connectivity index (χ0) is 15.5. The number of benzene rings is 1. The first kappa shape index (κ1) is 17.4. The number of hydrogen-bond acceptors (Lipinski definition) is 3. The van der Waals surface area contributed by atoms with Crippen LogP contribution in [-0.2, 0) is 9.36 Å². The minimum Gasteiger partial charge on any atom is -0.324 e. The number of nitrogens with zero attached hydrogens (tertiary/aromatic N) is 1. The van der Waals surface area contributed by atoms with Crippen LogP contribution >= 0.6 is 30.8 Å². The van der Waals surface area contributed by atoms with Crippen LogP contribution in [0.4, 0.5) is 0 Å². The first-order chi connectivity index (χ1) is 9.12. The van der Waals surface area contributed by atoms with Crippen LogP contribution in [0, 0.1) is 0 Å². The number of carbonyl (C=O) groups is 1. The molecule has 0 saturated heterocycles. The lowest BCUT2D eigenvalue weighted by molar-refractivity contribution is -0.162. The quantitative estimate of drug-likeness (QED) is 0.434. The zero-order valence-corrected chi connectivity index (χ0v) is 12.9. The van der Waals surface area contributed by atoms with Crippen molar-refractivity contribution < 1.29 is 24.4 Å². The number of carbonyl (C=O) groups excluding carboxylic acids is 1. The fraction of sp³-hybridized carbons (Fsp3) is 0.364. The highest BCUT2D eigenvalue weighted by Gasteiger charge is 2.31. The van der Waals surface area contributed by atoms with Gasteiger partial charge in [-0.3, -0.25) is 14.6 Å². The minimum absolute atomic E-state index is 0.113. The molecule has 6 nitrogen and oxygen atoms in total. The van der Waals surface area contributed by atoms with Gasteiger partial charge in [-0.2, -0.15) is 0 Å². The van der Waals surface area contributed by atoms with E-state index in [-0.39, 0.29) is 23.0 Å². The van der Waals surface area contributed by atoms with Gasteiger partial charge in [0.25, 0.3) is 0 Å². The monoisotopic (exact) mass is 341 g/mol. The molecular weight excluding hydrogens is 328 g/mol. The summed E-state index contributed by atoms with van der Waals surface area (Å²) in [5, 5.41) is 10.1. The van der Waals surface area contributed by atoms with Gasteiger partial charge in [-0.25, -0.2) is 5.06 Å². The Morgan fingerprint density at radius 3 is 2.40 bits per heavy atom. The summed E-state index contributed by atoms with van der Waals surface area (Å²) in [4.78, 5) is 29.7. The molecule has 0 saturated carbocycles. The first-order valence-electron chi connectivity index (χ1n) is 5.60. The second kappa shape index (κ2) is 6.89. The van der Waals surface area contributed by atoms with E-state index in [1.807, 2.05) is 0 Å². The molecule has 0 spiro atoms. The SMILES string of the molecule is CC(=O)N(O)CC[C@H](c1ccc(Cl)c(Cl)c1)P(=O)(O)O. The molecule has 1 aromatic rings. The Labute approximate surface area is 126 Å². The van der Waals surface area contributed by atoms with Gasteiger partial charge in [-0.1, -0.05) is 29.3 Å². The molecule has 0 heterocycles. The van der Waals surface area contributed by atoms with Gasteiger partial charge >= 0.3 is 7.60 Å². The maximum Gasteiger partial charge on any atom is 0.333 e. The van der Waals surface area contributed by atoms with E-state index in [4.69, 9.17) is 23.2 Å². The topological polar surface area (TPSA) is 98.1 Å². The summed E-state index contributed by atoms with van der Waals surface area (Å²) >= 11 is 11.6. The van der Waals surface area contributed by atoms with Crippen LogP contribution in [0.2, 0.25) is 10.0 Å². The van der Waals surface area contributed by atoms with Crippen molar-refractivity contribution in [3.63, 3.8) is 0 Å². The highest BCUT2D eigenvalue weighted by Crippen LogP contribution is 2.54. The van der Waals surface area contributed by atoms with Crippen LogP contribution in [0.3, 0.4) is 0 Å². The molecule has 3 N–H and O–H groups in total. The lowest BCUT2D eigenvalue weighted by atomic mass is 10.1. The molecule has 1 rings (SSSR count). The van der Waals surface area contributed by atoms with E-state index in [0.29, 0.717) is 10.6 Å². The van der Waals surface area contributed by atoms with Crippen molar-refractivity contribution in [2.45, 2.75) is 19.0 Å². The number of halogens is 2. The Hall–Kier alpha value is -0.620. The maximum atomic E-state index is 11.5. The largest absolute Gasteiger partial charge is 0.333 e. The predicted octanol–water partition coefficient (Wildman–Crippen LogP) is 2.84. The van der Waals surface area contributed by atoms with Gasteiger partial charge in [-0.05, 0) is 24.1 Å². The Bertz CT molecular complexity index is 548. The van der Waals surface area contributed by atoms with Crippen molar-refractivity contribution in [1.82, 2.24) is 5.06 Å². The third kappa shape index (κ3) is 4.74. The average molecular weight is 342 g/mol. The summed E-state index contributed by atoms with van der Waals surface area (Å²) < 4.78 is 11.5. The Balaban J connectivity index is 2.98. The number of hydrogen-bond donors (Lipinski definition) is 3. The van der Waals surface area contributed by atoms with E-state index < -0.39 is 19.2 Å². The van der Waals surface area contributed by atoms with E-state index in [1.165, 1.54) is 18.2 Å². The van der Waals surface area contributed by atoms with Crippen molar-refractivity contribution in [2.24, 2.45) is 0 Å². The molecule has 0 bridgehead atoms. The van der Waals surface area contributed by atoms with Crippen molar-refractivity contribution in [3.8, 4) is 0 Å². The molecule has 1 aromatic carbocycles. The van der Waals surface area contributed by atoms with Gasteiger partial charge < -0.3 is 9.79 Å². The van der Waals surface area contributed by atoms with Crippen LogP contribution < -0.4 is 0 Å². The Kier molecular flexibility index (Phi) is 6.01. The molecule has 0 radical (unpaired) electrons. The molecule has 0 fully saturated rings. The normalized spacial score (nSPS) is 13.1. The van der Waals surface area contributed by atoms with Crippen molar-refractivity contribution in [2.75, 3.05) is 6.54 Å². The molecule has 20 heavy (non-hydrogen) atoms. The van der Waals surface area contributed by atoms with E-state index in [9.17, 15) is 24.4 Å². The maximum absolute atomic E-state index is 11.5. The molecular formula is C11H14Cl2NO5P. The van der Waals surface area contributed by atoms with Crippen LogP contribution in [0.25, 0.3) is 0 Å². The molecule has 0 aliphatic carbocycles. The van der Waals surface area contributed by atoms with Crippen LogP contribution in [-0.4, -0.2) is 32.5 Å². The molecule has 1 atom stereocenters. The second-order valence-corrected chi connectivity index (χ2v) is 6.83. The van der Waals surface area contributed by atoms with Crippen LogP contribution in [0.5, 0.6) is 0 Å². The van der Waals surface area contributed by atoms with Crippen molar-refractivity contribution in [3.05, 3.63) is 33.8 Å². The first-order valence-corrected chi connectivity index (χ1v) is 8.04. The summed E-state index contributed by atoms with van der Waals surface area (Å²) in [5.74, 6) is -0.608. The van der Waals surface area contributed by atoms with E-state index in [1.54, 1.807) is 0 Å². The molecule has 0 aliphatic heterocycles. The molecule has 0 aliphatic rings. The fourth-order valence-corrected chi connectivity index (χ4v) is 2.96. The lowest BCUT2D eigenvalue weighted by Gasteiger charge is -2.21. The summed E-state index contributed by atoms with van der Waals surface area (Å²) in [6.07, 6.45) is -0.113. The standard InChI is InChI=1S/C11H14Cl2NO5P/c1-7(15)14(16)5-4-11(20(17,18)19)8-2-3-9(12)10(13)6-8/h2-3,6,11,16H,4-5H2,1H3,(H2,17,18,19)/t11-/m1/s1. The molecule has 9 heteroatoms. The highest BCUT2D eigenvalue weighted by molar-refractivity contribution is 7.52. The van der Waals surface area contributed by atoms with E-state index in [2.05, 4.69) is 0 Å². The Morgan fingerprint density at radius 2 is 1.95 bits per heavy atom. The van der Waals surface area contributed by atoms with Gasteiger partial charge in [0.15, 0.2) is 0 Å². The number of rotatable bonds is 5. The van der Waals surface area contributed by atoms with Gasteiger partial charge in [-0.15, -0.1) is 0 Å². The van der Waals surface area contributed by atoms with Gasteiger partial charge in [0.1, 0.15) is 0 Å². The average Bonchev–Trinajstić information content (AvgIpc) is 2.31. The van der Waals surface area contributed by atoms with Crippen molar-refractivity contribution in [1.29, 1.82) is 0 Å². The third-order valence-electron chi connectivity index (χ3n) is 2.71. The molecule has 112 valence electrons. The van der Waals surface area contributed by atoms with E-state index in [0.717, 1.165) is 6.92 Å². The third-order valence-corrected chi connectivity index (χ3v) is 4.82. The summed E-state index contributed by atoms with van der Waals surface area (Å²) in [7, 11) is -4.47. The molecule has 1 amide bonds. The fourth-order valence-electron chi connectivity index (χ4n) is 1.65. The van der Waals surface area contributed by atoms with E-state index >= 15 is 0 Å². The summed E-state index contributed by atoms with van der Waals surface area (Å²) in [5.41, 5.74) is -0.879.